The standard InChI is InChI=1S/C22H26O9/c1-5-11(2)20(25)30-15-6-13(9-23)7-16-19(29-16)22(4,27)8-17-18(15)14(21(26)31-17)10-28-12(3)24/h5,7-8,15-16,19,23,27H,6,9-10H2,1-4H3/b11-5-,13-7-,17-8-/t15-,16+,19+,22-/m0/s1. The van der Waals surface area contributed by atoms with Crippen LogP contribution in [0.3, 0.4) is 0 Å². The van der Waals surface area contributed by atoms with Gasteiger partial charge in [0.2, 0.25) is 0 Å². The Bertz CT molecular complexity index is 919. The smallest absolute Gasteiger partial charge is 0.343 e. The maximum Gasteiger partial charge on any atom is 0.343 e. The van der Waals surface area contributed by atoms with Crippen LogP contribution in [0.2, 0.25) is 0 Å². The zero-order valence-electron chi connectivity index (χ0n) is 17.8. The Morgan fingerprint density at radius 3 is 2.68 bits per heavy atom. The third kappa shape index (κ3) is 4.95. The Morgan fingerprint density at radius 1 is 1.35 bits per heavy atom. The van der Waals surface area contributed by atoms with E-state index in [1.807, 2.05) is 0 Å². The summed E-state index contributed by atoms with van der Waals surface area (Å²) in [5.74, 6) is -1.99. The van der Waals surface area contributed by atoms with Gasteiger partial charge in [-0.2, -0.15) is 0 Å². The number of carbonyl (C=O) groups excluding carboxylic acids is 3. The molecule has 3 rings (SSSR count). The number of carbonyl (C=O) groups is 3. The monoisotopic (exact) mass is 434 g/mol. The van der Waals surface area contributed by atoms with Crippen molar-refractivity contribution < 1.29 is 43.5 Å². The molecule has 1 fully saturated rings. The Balaban J connectivity index is 2.13. The van der Waals surface area contributed by atoms with Crippen LogP contribution >= 0.6 is 0 Å². The van der Waals surface area contributed by atoms with Gasteiger partial charge in [0.25, 0.3) is 0 Å². The molecule has 0 amide bonds. The van der Waals surface area contributed by atoms with Crippen LogP contribution in [0.4, 0.5) is 0 Å². The van der Waals surface area contributed by atoms with Crippen molar-refractivity contribution in [2.45, 2.75) is 58.0 Å². The van der Waals surface area contributed by atoms with Crippen LogP contribution in [0.1, 0.15) is 34.1 Å². The second-order valence-electron chi connectivity index (χ2n) is 7.87. The van der Waals surface area contributed by atoms with E-state index in [0.29, 0.717) is 11.1 Å². The fourth-order valence-electron chi connectivity index (χ4n) is 3.51. The second-order valence-corrected chi connectivity index (χ2v) is 7.87. The normalized spacial score (nSPS) is 33.8. The number of aliphatic hydroxyl groups is 2. The summed E-state index contributed by atoms with van der Waals surface area (Å²) in [6.45, 7) is 5.24. The lowest BCUT2D eigenvalue weighted by Gasteiger charge is -2.24. The molecule has 2 heterocycles. The van der Waals surface area contributed by atoms with E-state index in [-0.39, 0.29) is 36.5 Å². The SMILES string of the molecule is C/C=C(/C)C(=O)O[C@H]1C/C(CO)=C/[C@H]2O[C@H]2[C@@](C)(O)/C=C2\OC(=O)C(COC(C)=O)=C21. The average Bonchev–Trinajstić information content (AvgIpc) is 3.41. The molecule has 3 aliphatic rings. The van der Waals surface area contributed by atoms with Crippen molar-refractivity contribution >= 4 is 17.9 Å². The van der Waals surface area contributed by atoms with E-state index in [4.69, 9.17) is 18.9 Å². The molecule has 0 aromatic heterocycles. The second kappa shape index (κ2) is 8.78. The third-order valence-corrected chi connectivity index (χ3v) is 5.36. The van der Waals surface area contributed by atoms with Gasteiger partial charge in [-0.15, -0.1) is 0 Å². The van der Waals surface area contributed by atoms with Gasteiger partial charge in [0.1, 0.15) is 36.3 Å². The van der Waals surface area contributed by atoms with E-state index < -0.39 is 41.8 Å². The van der Waals surface area contributed by atoms with Gasteiger partial charge in [-0.3, -0.25) is 4.79 Å². The van der Waals surface area contributed by atoms with Gasteiger partial charge in [-0.25, -0.2) is 9.59 Å². The quantitative estimate of drug-likeness (QED) is 0.214. The molecule has 0 spiro atoms. The molecular weight excluding hydrogens is 408 g/mol. The van der Waals surface area contributed by atoms with Crippen LogP contribution in [0.5, 0.6) is 0 Å². The summed E-state index contributed by atoms with van der Waals surface area (Å²) in [6, 6.07) is 0. The van der Waals surface area contributed by atoms with E-state index >= 15 is 0 Å². The van der Waals surface area contributed by atoms with Crippen molar-refractivity contribution in [3.8, 4) is 0 Å². The zero-order valence-corrected chi connectivity index (χ0v) is 17.8. The van der Waals surface area contributed by atoms with Gasteiger partial charge in [0.15, 0.2) is 0 Å². The topological polar surface area (TPSA) is 132 Å². The maximum absolute atomic E-state index is 12.6. The van der Waals surface area contributed by atoms with Gasteiger partial charge in [-0.05, 0) is 32.4 Å². The highest BCUT2D eigenvalue weighted by Crippen LogP contribution is 2.41. The summed E-state index contributed by atoms with van der Waals surface area (Å²) >= 11 is 0. The molecular formula is C22H26O9. The predicted octanol–water partition coefficient (Wildman–Crippen LogP) is 1.01. The molecule has 4 atom stereocenters. The predicted molar refractivity (Wildman–Crippen MR) is 106 cm³/mol. The highest BCUT2D eigenvalue weighted by atomic mass is 16.6. The van der Waals surface area contributed by atoms with Gasteiger partial charge in [0, 0.05) is 24.5 Å². The Labute approximate surface area is 179 Å². The maximum atomic E-state index is 12.6. The summed E-state index contributed by atoms with van der Waals surface area (Å²) in [7, 11) is 0. The van der Waals surface area contributed by atoms with E-state index in [9.17, 15) is 24.6 Å². The summed E-state index contributed by atoms with van der Waals surface area (Å²) in [4.78, 5) is 36.4. The fraction of sp³-hybridized carbons (Fsp3) is 0.500. The molecule has 0 unspecified atom stereocenters. The molecule has 168 valence electrons. The molecule has 9 nitrogen and oxygen atoms in total. The number of ether oxygens (including phenoxy) is 4. The summed E-state index contributed by atoms with van der Waals surface area (Å²) < 4.78 is 21.6. The van der Waals surface area contributed by atoms with Crippen molar-refractivity contribution in [1.29, 1.82) is 0 Å². The van der Waals surface area contributed by atoms with Crippen LogP contribution in [0.25, 0.3) is 0 Å². The first-order valence-electron chi connectivity index (χ1n) is 9.91. The number of hydrogen-bond acceptors (Lipinski definition) is 9. The molecule has 1 saturated heterocycles. The molecule has 31 heavy (non-hydrogen) atoms. The van der Waals surface area contributed by atoms with Crippen LogP contribution in [-0.4, -0.2) is 65.2 Å². The minimum absolute atomic E-state index is 0.000639. The highest BCUT2D eigenvalue weighted by Gasteiger charge is 2.51. The Hall–Kier alpha value is -2.75. The van der Waals surface area contributed by atoms with E-state index in [1.165, 1.54) is 19.9 Å². The number of hydrogen-bond donors (Lipinski definition) is 2. The first-order valence-corrected chi connectivity index (χ1v) is 9.91. The fourth-order valence-corrected chi connectivity index (χ4v) is 3.51. The van der Waals surface area contributed by atoms with Crippen molar-refractivity contribution in [3.63, 3.8) is 0 Å². The first-order chi connectivity index (χ1) is 14.6. The van der Waals surface area contributed by atoms with Crippen molar-refractivity contribution in [1.82, 2.24) is 0 Å². The molecule has 9 heteroatoms. The number of allylic oxidation sites excluding steroid dienone is 1. The largest absolute Gasteiger partial charge is 0.461 e. The summed E-state index contributed by atoms with van der Waals surface area (Å²) in [5, 5.41) is 20.7. The summed E-state index contributed by atoms with van der Waals surface area (Å²) in [6.07, 6.45) is 2.59. The van der Waals surface area contributed by atoms with Crippen LogP contribution in [-0.2, 0) is 33.3 Å². The molecule has 2 N–H and O–H groups in total. The van der Waals surface area contributed by atoms with E-state index in [2.05, 4.69) is 0 Å². The minimum atomic E-state index is -1.51. The average molecular weight is 434 g/mol. The third-order valence-electron chi connectivity index (χ3n) is 5.36. The van der Waals surface area contributed by atoms with Gasteiger partial charge >= 0.3 is 17.9 Å². The first kappa shape index (κ1) is 22.9. The molecule has 2 aliphatic heterocycles. The Morgan fingerprint density at radius 2 is 2.06 bits per heavy atom. The van der Waals surface area contributed by atoms with Gasteiger partial charge < -0.3 is 29.2 Å². The lowest BCUT2D eigenvalue weighted by atomic mass is 9.90. The number of aliphatic hydroxyl groups excluding tert-OH is 1. The minimum Gasteiger partial charge on any atom is -0.461 e. The molecule has 0 bridgehead atoms. The molecule has 0 saturated carbocycles. The van der Waals surface area contributed by atoms with E-state index in [0.717, 1.165) is 0 Å². The lowest BCUT2D eigenvalue weighted by molar-refractivity contribution is -0.143. The van der Waals surface area contributed by atoms with Crippen molar-refractivity contribution in [3.05, 3.63) is 46.3 Å². The zero-order chi connectivity index (χ0) is 22.9. The number of epoxide rings is 1. The molecule has 0 aromatic rings. The van der Waals surface area contributed by atoms with Gasteiger partial charge in [0.05, 0.1) is 12.2 Å². The summed E-state index contributed by atoms with van der Waals surface area (Å²) in [5.41, 5.74) is -0.479. The molecule has 0 radical (unpaired) electrons. The van der Waals surface area contributed by atoms with Crippen molar-refractivity contribution in [2.24, 2.45) is 0 Å². The highest BCUT2D eigenvalue weighted by molar-refractivity contribution is 5.96. The van der Waals surface area contributed by atoms with E-state index in [1.54, 1.807) is 26.0 Å². The number of esters is 3. The lowest BCUT2D eigenvalue weighted by Crippen LogP contribution is -2.32. The van der Waals surface area contributed by atoms with Gasteiger partial charge in [-0.1, -0.05) is 12.2 Å². The van der Waals surface area contributed by atoms with Crippen LogP contribution in [0.15, 0.2) is 46.3 Å². The molecule has 1 aliphatic carbocycles. The van der Waals surface area contributed by atoms with Crippen molar-refractivity contribution in [2.75, 3.05) is 13.2 Å². The van der Waals surface area contributed by atoms with Crippen LogP contribution in [0, 0.1) is 0 Å². The number of rotatable bonds is 5. The number of fused-ring (bicyclic) bond motifs is 2. The Kier molecular flexibility index (Phi) is 6.49. The molecule has 0 aromatic carbocycles. The van der Waals surface area contributed by atoms with Crippen LogP contribution < -0.4 is 0 Å².